The molecule has 2 atom stereocenters. The van der Waals surface area contributed by atoms with Crippen LogP contribution in [-0.4, -0.2) is 41.7 Å². The van der Waals surface area contributed by atoms with Crippen LogP contribution in [0.25, 0.3) is 0 Å². The SMILES string of the molecule is CN1C[C@H](NOCc2ccccc2)CC[C@@H]1C(=O)O. The van der Waals surface area contributed by atoms with Gasteiger partial charge in [-0.1, -0.05) is 30.3 Å². The zero-order valence-electron chi connectivity index (χ0n) is 11.1. The molecule has 1 saturated heterocycles. The van der Waals surface area contributed by atoms with E-state index in [1.54, 1.807) is 0 Å². The molecule has 1 aliphatic heterocycles. The van der Waals surface area contributed by atoms with E-state index < -0.39 is 5.97 Å². The fourth-order valence-corrected chi connectivity index (χ4v) is 2.37. The normalized spacial score (nSPS) is 24.3. The highest BCUT2D eigenvalue weighted by atomic mass is 16.6. The van der Waals surface area contributed by atoms with E-state index in [-0.39, 0.29) is 12.1 Å². The molecular formula is C14H20N2O3. The molecule has 0 aliphatic carbocycles. The van der Waals surface area contributed by atoms with Gasteiger partial charge >= 0.3 is 5.97 Å². The Hall–Kier alpha value is -1.43. The van der Waals surface area contributed by atoms with E-state index in [4.69, 9.17) is 9.94 Å². The van der Waals surface area contributed by atoms with Crippen LogP contribution in [0.3, 0.4) is 0 Å². The van der Waals surface area contributed by atoms with Crippen LogP contribution >= 0.6 is 0 Å². The van der Waals surface area contributed by atoms with Gasteiger partial charge in [0, 0.05) is 12.6 Å². The maximum Gasteiger partial charge on any atom is 0.320 e. The summed E-state index contributed by atoms with van der Waals surface area (Å²) in [5.41, 5.74) is 4.14. The fourth-order valence-electron chi connectivity index (χ4n) is 2.37. The Morgan fingerprint density at radius 3 is 2.79 bits per heavy atom. The number of aliphatic carboxylic acids is 1. The number of likely N-dealkylation sites (N-methyl/N-ethyl adjacent to an activating group) is 1. The lowest BCUT2D eigenvalue weighted by atomic mass is 10.00. The molecule has 1 aromatic rings. The minimum absolute atomic E-state index is 0.185. The van der Waals surface area contributed by atoms with Gasteiger partial charge in [0.05, 0.1) is 6.61 Å². The number of benzene rings is 1. The highest BCUT2D eigenvalue weighted by Crippen LogP contribution is 2.16. The smallest absolute Gasteiger partial charge is 0.320 e. The third-order valence-corrected chi connectivity index (χ3v) is 3.45. The first-order chi connectivity index (χ1) is 9.16. The van der Waals surface area contributed by atoms with Crippen molar-refractivity contribution in [2.45, 2.75) is 31.5 Å². The molecule has 0 spiro atoms. The van der Waals surface area contributed by atoms with Crippen LogP contribution in [0.15, 0.2) is 30.3 Å². The van der Waals surface area contributed by atoms with E-state index in [0.717, 1.165) is 12.0 Å². The third-order valence-electron chi connectivity index (χ3n) is 3.45. The number of hydrogen-bond donors (Lipinski definition) is 2. The minimum Gasteiger partial charge on any atom is -0.480 e. The molecule has 5 nitrogen and oxygen atoms in total. The van der Waals surface area contributed by atoms with Gasteiger partial charge in [0.15, 0.2) is 0 Å². The Bertz CT molecular complexity index is 410. The average Bonchev–Trinajstić information content (AvgIpc) is 2.39. The number of likely N-dealkylation sites (tertiary alicyclic amines) is 1. The molecule has 0 amide bonds. The van der Waals surface area contributed by atoms with Gasteiger partial charge in [0.25, 0.3) is 0 Å². The topological polar surface area (TPSA) is 61.8 Å². The van der Waals surface area contributed by atoms with Gasteiger partial charge in [0.1, 0.15) is 6.04 Å². The van der Waals surface area contributed by atoms with Crippen LogP contribution in [0.4, 0.5) is 0 Å². The number of nitrogens with one attached hydrogen (secondary N) is 1. The lowest BCUT2D eigenvalue weighted by Crippen LogP contribution is -2.51. The Morgan fingerprint density at radius 1 is 1.42 bits per heavy atom. The van der Waals surface area contributed by atoms with Gasteiger partial charge in [-0.25, -0.2) is 0 Å². The molecule has 1 aromatic carbocycles. The van der Waals surface area contributed by atoms with E-state index in [1.807, 2.05) is 42.3 Å². The standard InChI is InChI=1S/C14H20N2O3/c1-16-9-12(7-8-13(16)14(17)18)15-19-10-11-5-3-2-4-6-11/h2-6,12-13,15H,7-10H2,1H3,(H,17,18)/t12-,13-/m1/s1. The molecule has 0 unspecified atom stereocenters. The number of hydrogen-bond acceptors (Lipinski definition) is 4. The summed E-state index contributed by atoms with van der Waals surface area (Å²) in [5.74, 6) is -0.744. The van der Waals surface area contributed by atoms with E-state index in [9.17, 15) is 4.79 Å². The first kappa shape index (κ1) is 14.0. The van der Waals surface area contributed by atoms with Crippen LogP contribution < -0.4 is 5.48 Å². The number of nitrogens with zero attached hydrogens (tertiary/aromatic N) is 1. The van der Waals surface area contributed by atoms with E-state index in [0.29, 0.717) is 19.6 Å². The van der Waals surface area contributed by atoms with Crippen molar-refractivity contribution in [3.63, 3.8) is 0 Å². The zero-order chi connectivity index (χ0) is 13.7. The number of carboxylic acids is 1. The maximum absolute atomic E-state index is 11.0. The lowest BCUT2D eigenvalue weighted by molar-refractivity contribution is -0.144. The number of carbonyl (C=O) groups is 1. The predicted molar refractivity (Wildman–Crippen MR) is 71.4 cm³/mol. The molecule has 0 bridgehead atoms. The first-order valence-electron chi connectivity index (χ1n) is 6.51. The van der Waals surface area contributed by atoms with Crippen molar-refractivity contribution in [3.05, 3.63) is 35.9 Å². The highest BCUT2D eigenvalue weighted by molar-refractivity contribution is 5.73. The van der Waals surface area contributed by atoms with E-state index in [1.165, 1.54) is 0 Å². The predicted octanol–water partition coefficient (Wildman–Crippen LogP) is 1.26. The molecule has 1 aliphatic rings. The van der Waals surface area contributed by atoms with Crippen LogP contribution in [0.1, 0.15) is 18.4 Å². The maximum atomic E-state index is 11.0. The summed E-state index contributed by atoms with van der Waals surface area (Å²) in [4.78, 5) is 18.3. The second-order valence-electron chi connectivity index (χ2n) is 4.96. The van der Waals surface area contributed by atoms with Gasteiger partial charge in [-0.15, -0.1) is 0 Å². The summed E-state index contributed by atoms with van der Waals surface area (Å²) in [7, 11) is 1.84. The quantitative estimate of drug-likeness (QED) is 0.784. The Kier molecular flexibility index (Phi) is 4.90. The van der Waals surface area contributed by atoms with Crippen molar-refractivity contribution in [1.29, 1.82) is 0 Å². The summed E-state index contributed by atoms with van der Waals surface area (Å²) < 4.78 is 0. The summed E-state index contributed by atoms with van der Waals surface area (Å²) in [6, 6.07) is 9.76. The molecule has 1 heterocycles. The van der Waals surface area contributed by atoms with Crippen LogP contribution in [-0.2, 0) is 16.2 Å². The van der Waals surface area contributed by atoms with Crippen LogP contribution in [0.2, 0.25) is 0 Å². The van der Waals surface area contributed by atoms with E-state index >= 15 is 0 Å². The summed E-state index contributed by atoms with van der Waals surface area (Å²) in [6.07, 6.45) is 1.47. The Balaban J connectivity index is 1.72. The molecule has 0 saturated carbocycles. The van der Waals surface area contributed by atoms with Gasteiger partial charge in [0.2, 0.25) is 0 Å². The van der Waals surface area contributed by atoms with Gasteiger partial charge in [-0.05, 0) is 25.5 Å². The zero-order valence-corrected chi connectivity index (χ0v) is 11.1. The molecule has 5 heteroatoms. The molecular weight excluding hydrogens is 244 g/mol. The highest BCUT2D eigenvalue weighted by Gasteiger charge is 2.30. The molecule has 2 rings (SSSR count). The third kappa shape index (κ3) is 4.02. The summed E-state index contributed by atoms with van der Waals surface area (Å²) in [5, 5.41) is 9.03. The Morgan fingerprint density at radius 2 is 2.16 bits per heavy atom. The van der Waals surface area contributed by atoms with Crippen molar-refractivity contribution in [2.24, 2.45) is 0 Å². The van der Waals surface area contributed by atoms with Gasteiger partial charge in [-0.3, -0.25) is 14.5 Å². The summed E-state index contributed by atoms with van der Waals surface area (Å²) >= 11 is 0. The monoisotopic (exact) mass is 264 g/mol. The first-order valence-corrected chi connectivity index (χ1v) is 6.51. The van der Waals surface area contributed by atoms with Gasteiger partial charge < -0.3 is 5.11 Å². The lowest BCUT2D eigenvalue weighted by Gasteiger charge is -2.34. The summed E-state index contributed by atoms with van der Waals surface area (Å²) in [6.45, 7) is 1.20. The number of rotatable bonds is 5. The number of hydroxylamine groups is 1. The minimum atomic E-state index is -0.744. The molecule has 19 heavy (non-hydrogen) atoms. The van der Waals surface area contributed by atoms with Crippen molar-refractivity contribution >= 4 is 5.97 Å². The van der Waals surface area contributed by atoms with Crippen LogP contribution in [0, 0.1) is 0 Å². The largest absolute Gasteiger partial charge is 0.480 e. The van der Waals surface area contributed by atoms with E-state index in [2.05, 4.69) is 5.48 Å². The Labute approximate surface area is 113 Å². The van der Waals surface area contributed by atoms with Crippen molar-refractivity contribution in [2.75, 3.05) is 13.6 Å². The number of carboxylic acid groups (broad SMARTS) is 1. The molecule has 2 N–H and O–H groups in total. The average molecular weight is 264 g/mol. The fraction of sp³-hybridized carbons (Fsp3) is 0.500. The molecule has 104 valence electrons. The van der Waals surface area contributed by atoms with Crippen molar-refractivity contribution in [1.82, 2.24) is 10.4 Å². The molecule has 0 aromatic heterocycles. The second kappa shape index (κ2) is 6.65. The number of piperidine rings is 1. The van der Waals surface area contributed by atoms with Gasteiger partial charge in [-0.2, -0.15) is 5.48 Å². The second-order valence-corrected chi connectivity index (χ2v) is 4.96. The molecule has 0 radical (unpaired) electrons. The molecule has 1 fully saturated rings. The van der Waals surface area contributed by atoms with Crippen molar-refractivity contribution in [3.8, 4) is 0 Å². The van der Waals surface area contributed by atoms with Crippen LogP contribution in [0.5, 0.6) is 0 Å². The van der Waals surface area contributed by atoms with Crippen molar-refractivity contribution < 1.29 is 14.7 Å².